The van der Waals surface area contributed by atoms with Gasteiger partial charge in [0.25, 0.3) is 0 Å². The zero-order chi connectivity index (χ0) is 9.78. The summed E-state index contributed by atoms with van der Waals surface area (Å²) in [6, 6.07) is 1.10. The predicted octanol–water partition coefficient (Wildman–Crippen LogP) is 2.75. The maximum Gasteiger partial charge on any atom is 0.307 e. The molecule has 0 spiro atoms. The van der Waals surface area contributed by atoms with E-state index in [4.69, 9.17) is 5.11 Å². The molecule has 2 nitrogen and oxygen atoms in total. The Morgan fingerprint density at radius 2 is 1.92 bits per heavy atom. The molecule has 0 aromatic rings. The largest absolute Gasteiger partial charge is 0.481 e. The molecule has 0 rings (SSSR count). The van der Waals surface area contributed by atoms with Gasteiger partial charge < -0.3 is 5.11 Å². The Morgan fingerprint density at radius 1 is 1.42 bits per heavy atom. The quantitative estimate of drug-likeness (QED) is 0.541. The second-order valence-electron chi connectivity index (χ2n) is 4.39. The van der Waals surface area contributed by atoms with E-state index in [9.17, 15) is 4.79 Å². The number of aliphatic carboxylic acids is 1. The Hall–Kier alpha value is -0.573. The highest BCUT2D eigenvalue weighted by molar-refractivity contribution is 6.76. The van der Waals surface area contributed by atoms with Crippen molar-refractivity contribution in [3.8, 4) is 0 Å². The highest BCUT2D eigenvalue weighted by Gasteiger charge is 2.12. The zero-order valence-electron chi connectivity index (χ0n) is 8.35. The molecule has 0 unspecified atom stereocenters. The van der Waals surface area contributed by atoms with E-state index in [1.807, 2.05) is 13.0 Å². The molecule has 1 N–H and O–H groups in total. The molecule has 0 bridgehead atoms. The number of carboxylic acids is 1. The molecule has 0 saturated carbocycles. The first kappa shape index (κ1) is 11.4. The van der Waals surface area contributed by atoms with Crippen molar-refractivity contribution in [3.63, 3.8) is 0 Å². The van der Waals surface area contributed by atoms with Gasteiger partial charge in [-0.05, 0) is 13.0 Å². The summed E-state index contributed by atoms with van der Waals surface area (Å²) in [5, 5.41) is 8.43. The van der Waals surface area contributed by atoms with Crippen LogP contribution < -0.4 is 0 Å². The zero-order valence-corrected chi connectivity index (χ0v) is 9.35. The molecule has 3 heteroatoms. The molecule has 0 fully saturated rings. The number of hydrogen-bond acceptors (Lipinski definition) is 1. The Morgan fingerprint density at radius 3 is 2.25 bits per heavy atom. The first-order valence-corrected chi connectivity index (χ1v) is 7.89. The van der Waals surface area contributed by atoms with Crippen molar-refractivity contribution in [3.05, 3.63) is 11.6 Å². The third-order valence-corrected chi connectivity index (χ3v) is 3.05. The van der Waals surface area contributed by atoms with Crippen LogP contribution in [0.3, 0.4) is 0 Å². The van der Waals surface area contributed by atoms with E-state index in [0.29, 0.717) is 0 Å². The SMILES string of the molecule is CC(=CCC(=O)O)C[Si](C)(C)C. The first-order valence-electron chi connectivity index (χ1n) is 4.19. The van der Waals surface area contributed by atoms with Gasteiger partial charge in [-0.3, -0.25) is 4.79 Å². The minimum absolute atomic E-state index is 0.163. The maximum atomic E-state index is 10.2. The van der Waals surface area contributed by atoms with Gasteiger partial charge in [0.15, 0.2) is 0 Å². The molecule has 0 aromatic carbocycles. The third-order valence-electron chi connectivity index (χ3n) is 1.43. The Bertz CT molecular complexity index is 189. The van der Waals surface area contributed by atoms with E-state index in [1.54, 1.807) is 0 Å². The lowest BCUT2D eigenvalue weighted by molar-refractivity contribution is -0.136. The summed E-state index contributed by atoms with van der Waals surface area (Å²) < 4.78 is 0. The lowest BCUT2D eigenvalue weighted by Gasteiger charge is -2.15. The Kier molecular flexibility index (Phi) is 4.24. The van der Waals surface area contributed by atoms with Gasteiger partial charge in [-0.15, -0.1) is 0 Å². The van der Waals surface area contributed by atoms with Crippen LogP contribution in [0.1, 0.15) is 13.3 Å². The summed E-state index contributed by atoms with van der Waals surface area (Å²) in [7, 11) is -1.05. The topological polar surface area (TPSA) is 37.3 Å². The van der Waals surface area contributed by atoms with Gasteiger partial charge >= 0.3 is 5.97 Å². The van der Waals surface area contributed by atoms with Crippen LogP contribution in [0.4, 0.5) is 0 Å². The van der Waals surface area contributed by atoms with Gasteiger partial charge in [0.05, 0.1) is 6.42 Å². The van der Waals surface area contributed by atoms with Crippen LogP contribution in [0.15, 0.2) is 11.6 Å². The van der Waals surface area contributed by atoms with Gasteiger partial charge in [-0.25, -0.2) is 0 Å². The monoisotopic (exact) mass is 186 g/mol. The van der Waals surface area contributed by atoms with Crippen LogP contribution in [0.2, 0.25) is 25.7 Å². The minimum Gasteiger partial charge on any atom is -0.481 e. The highest BCUT2D eigenvalue weighted by atomic mass is 28.3. The first-order chi connectivity index (χ1) is 5.31. The Labute approximate surface area is 75.3 Å². The molecule has 0 aliphatic rings. The van der Waals surface area contributed by atoms with Crippen LogP contribution in [0.25, 0.3) is 0 Å². The molecular formula is C9H18O2Si. The number of rotatable bonds is 4. The van der Waals surface area contributed by atoms with Crippen LogP contribution in [0, 0.1) is 0 Å². The molecule has 12 heavy (non-hydrogen) atoms. The molecule has 0 aliphatic carbocycles. The standard InChI is InChI=1S/C9H18O2Si/c1-8(5-6-9(10)11)7-12(2,3)4/h5H,6-7H2,1-4H3,(H,10,11). The van der Waals surface area contributed by atoms with Crippen molar-refractivity contribution < 1.29 is 9.90 Å². The van der Waals surface area contributed by atoms with Gasteiger partial charge in [-0.2, -0.15) is 0 Å². The average Bonchev–Trinajstić information content (AvgIpc) is 1.79. The summed E-state index contributed by atoms with van der Waals surface area (Å²) >= 11 is 0. The van der Waals surface area contributed by atoms with E-state index in [-0.39, 0.29) is 6.42 Å². The lowest BCUT2D eigenvalue weighted by atomic mass is 10.3. The van der Waals surface area contributed by atoms with Gasteiger partial charge in [0.2, 0.25) is 0 Å². The van der Waals surface area contributed by atoms with E-state index >= 15 is 0 Å². The molecule has 70 valence electrons. The van der Waals surface area contributed by atoms with Gasteiger partial charge in [0.1, 0.15) is 0 Å². The summed E-state index contributed by atoms with van der Waals surface area (Å²) in [6.07, 6.45) is 1.98. The molecule has 0 aliphatic heterocycles. The Balaban J connectivity index is 3.95. The van der Waals surface area contributed by atoms with E-state index in [2.05, 4.69) is 19.6 Å². The summed E-state index contributed by atoms with van der Waals surface area (Å²) in [5.41, 5.74) is 1.22. The summed E-state index contributed by atoms with van der Waals surface area (Å²) in [4.78, 5) is 10.2. The normalized spacial score (nSPS) is 13.2. The fourth-order valence-electron chi connectivity index (χ4n) is 1.17. The highest BCUT2D eigenvalue weighted by Crippen LogP contribution is 2.15. The number of carboxylic acid groups (broad SMARTS) is 1. The van der Waals surface area contributed by atoms with E-state index in [0.717, 1.165) is 6.04 Å². The minimum atomic E-state index is -1.05. The van der Waals surface area contributed by atoms with Gasteiger partial charge in [-0.1, -0.05) is 31.3 Å². The number of carbonyl (C=O) groups is 1. The van der Waals surface area contributed by atoms with Crippen molar-refractivity contribution >= 4 is 14.0 Å². The molecule has 0 saturated heterocycles. The van der Waals surface area contributed by atoms with Crippen LogP contribution in [-0.4, -0.2) is 19.1 Å². The maximum absolute atomic E-state index is 10.2. The lowest BCUT2D eigenvalue weighted by Crippen LogP contribution is -2.19. The molecule has 0 radical (unpaired) electrons. The van der Waals surface area contributed by atoms with Crippen LogP contribution in [0.5, 0.6) is 0 Å². The second-order valence-corrected chi connectivity index (χ2v) is 9.86. The van der Waals surface area contributed by atoms with Crippen LogP contribution in [-0.2, 0) is 4.79 Å². The van der Waals surface area contributed by atoms with E-state index in [1.165, 1.54) is 5.57 Å². The van der Waals surface area contributed by atoms with Crippen LogP contribution >= 0.6 is 0 Å². The van der Waals surface area contributed by atoms with Crippen molar-refractivity contribution in [2.45, 2.75) is 39.0 Å². The fourth-order valence-corrected chi connectivity index (χ4v) is 2.99. The second kappa shape index (κ2) is 4.45. The summed E-state index contributed by atoms with van der Waals surface area (Å²) in [5.74, 6) is -0.745. The van der Waals surface area contributed by atoms with Gasteiger partial charge in [0, 0.05) is 8.07 Å². The number of hydrogen-bond donors (Lipinski definition) is 1. The predicted molar refractivity (Wildman–Crippen MR) is 54.2 cm³/mol. The van der Waals surface area contributed by atoms with Crippen molar-refractivity contribution in [2.24, 2.45) is 0 Å². The molecule has 0 aromatic heterocycles. The number of allylic oxidation sites excluding steroid dienone is 1. The molecule has 0 atom stereocenters. The molecule has 0 amide bonds. The van der Waals surface area contributed by atoms with Crippen molar-refractivity contribution in [1.82, 2.24) is 0 Å². The smallest absolute Gasteiger partial charge is 0.307 e. The van der Waals surface area contributed by atoms with E-state index < -0.39 is 14.0 Å². The average molecular weight is 186 g/mol. The summed E-state index contributed by atoms with van der Waals surface area (Å²) in [6.45, 7) is 8.86. The van der Waals surface area contributed by atoms with Crippen molar-refractivity contribution in [1.29, 1.82) is 0 Å². The van der Waals surface area contributed by atoms with Crippen molar-refractivity contribution in [2.75, 3.05) is 0 Å². The molecule has 0 heterocycles. The molecular weight excluding hydrogens is 168 g/mol. The fraction of sp³-hybridized carbons (Fsp3) is 0.667. The third kappa shape index (κ3) is 7.53.